The van der Waals surface area contributed by atoms with Crippen LogP contribution < -0.4 is 10.4 Å². The molecule has 4 aromatic rings. The fourth-order valence-electron chi connectivity index (χ4n) is 5.32. The molecule has 1 atom stereocenters. The maximum Gasteiger partial charge on any atom is 0.326 e. The molecule has 1 fully saturated rings. The Balaban J connectivity index is 1.47. The fraction of sp³-hybridized carbons (Fsp3) is 0.250. The van der Waals surface area contributed by atoms with Crippen molar-refractivity contribution in [2.75, 3.05) is 19.6 Å². The second-order valence-electron chi connectivity index (χ2n) is 9.20. The highest BCUT2D eigenvalue weighted by molar-refractivity contribution is 5.95. The van der Waals surface area contributed by atoms with Gasteiger partial charge in [0.05, 0.1) is 17.1 Å². The number of benzene rings is 3. The molecule has 0 spiro atoms. The third-order valence-electron chi connectivity index (χ3n) is 7.09. The minimum Gasteiger partial charge on any atom is -0.488 e. The van der Waals surface area contributed by atoms with Gasteiger partial charge in [0.25, 0.3) is 0 Å². The van der Waals surface area contributed by atoms with Gasteiger partial charge in [-0.2, -0.15) is 0 Å². The van der Waals surface area contributed by atoms with E-state index in [2.05, 4.69) is 16.8 Å². The maximum absolute atomic E-state index is 14.0. The normalized spacial score (nSPS) is 18.9. The molecule has 3 heterocycles. The zero-order valence-electron chi connectivity index (χ0n) is 19.4. The summed E-state index contributed by atoms with van der Waals surface area (Å²) in [6.45, 7) is 5.12. The molecule has 1 saturated heterocycles. The molecule has 0 unspecified atom stereocenters. The minimum absolute atomic E-state index is 0.0998. The van der Waals surface area contributed by atoms with Crippen LogP contribution in [0.5, 0.6) is 5.75 Å². The first-order chi connectivity index (χ1) is 17.0. The molecule has 178 valence electrons. The van der Waals surface area contributed by atoms with Crippen LogP contribution >= 0.6 is 0 Å². The molecule has 5 nitrogen and oxygen atoms in total. The van der Waals surface area contributed by atoms with Crippen molar-refractivity contribution in [2.45, 2.75) is 26.0 Å². The van der Waals surface area contributed by atoms with Crippen molar-refractivity contribution >= 4 is 22.7 Å². The van der Waals surface area contributed by atoms with E-state index in [1.54, 1.807) is 12.1 Å². The van der Waals surface area contributed by atoms with E-state index in [0.29, 0.717) is 11.3 Å². The molecule has 2 aliphatic heterocycles. The summed E-state index contributed by atoms with van der Waals surface area (Å²) in [6, 6.07) is 15.1. The summed E-state index contributed by atoms with van der Waals surface area (Å²) < 4.78 is 35.7. The second kappa shape index (κ2) is 8.50. The Morgan fingerprint density at radius 3 is 2.66 bits per heavy atom. The maximum atomic E-state index is 14.0. The number of aromatic nitrogens is 2. The van der Waals surface area contributed by atoms with Crippen LogP contribution in [-0.4, -0.2) is 34.1 Å². The van der Waals surface area contributed by atoms with E-state index in [4.69, 9.17) is 4.74 Å². The van der Waals surface area contributed by atoms with Crippen LogP contribution in [0.3, 0.4) is 0 Å². The van der Waals surface area contributed by atoms with Crippen LogP contribution in [-0.2, 0) is 6.61 Å². The number of hydrogen-bond acceptors (Lipinski definition) is 3. The first-order valence-corrected chi connectivity index (χ1v) is 11.9. The van der Waals surface area contributed by atoms with Gasteiger partial charge < -0.3 is 14.6 Å². The summed E-state index contributed by atoms with van der Waals surface area (Å²) >= 11 is 0. The number of rotatable bonds is 3. The topological polar surface area (TPSA) is 50.3 Å². The number of likely N-dealkylation sites (tertiary alicyclic amines) is 1. The molecular formula is C28H25F2N3O2. The first kappa shape index (κ1) is 21.8. The number of nitrogens with one attached hydrogen (secondary N) is 1. The average Bonchev–Trinajstić information content (AvgIpc) is 3.40. The first-order valence-electron chi connectivity index (χ1n) is 11.9. The summed E-state index contributed by atoms with van der Waals surface area (Å²) in [5.74, 6) is -0.331. The summed E-state index contributed by atoms with van der Waals surface area (Å²) in [7, 11) is 0. The average molecular weight is 474 g/mol. The van der Waals surface area contributed by atoms with Crippen molar-refractivity contribution in [3.8, 4) is 5.75 Å². The minimum atomic E-state index is -0.394. The molecule has 0 saturated carbocycles. The van der Waals surface area contributed by atoms with Gasteiger partial charge >= 0.3 is 5.69 Å². The second-order valence-corrected chi connectivity index (χ2v) is 9.20. The van der Waals surface area contributed by atoms with Crippen LogP contribution in [0.2, 0.25) is 0 Å². The standard InChI is InChI=1S/C28H25F2N3O2/c1-2-32-10-9-21(15-32)33-26-8-3-17(12-25(26)31-28(33)34)11-24-22-6-4-19(29)13-18(22)16-35-27-14-20(30)5-7-23(24)27/h3-8,11-14,21H,2,9-10,15-16H2,1H3,(H,31,34)/t21-/m1/s1. The van der Waals surface area contributed by atoms with E-state index in [1.165, 1.54) is 24.3 Å². The molecule has 0 radical (unpaired) electrons. The van der Waals surface area contributed by atoms with Gasteiger partial charge in [-0.3, -0.25) is 4.57 Å². The van der Waals surface area contributed by atoms with Gasteiger partial charge in [-0.15, -0.1) is 0 Å². The number of aromatic amines is 1. The Morgan fingerprint density at radius 1 is 1.06 bits per heavy atom. The van der Waals surface area contributed by atoms with Crippen molar-refractivity contribution in [1.82, 2.24) is 14.5 Å². The molecule has 2 aliphatic rings. The lowest BCUT2D eigenvalue weighted by Crippen LogP contribution is -2.26. The molecular weight excluding hydrogens is 448 g/mol. The van der Waals surface area contributed by atoms with E-state index in [-0.39, 0.29) is 24.2 Å². The highest BCUT2D eigenvalue weighted by atomic mass is 19.1. The van der Waals surface area contributed by atoms with Crippen molar-refractivity contribution in [2.24, 2.45) is 0 Å². The van der Waals surface area contributed by atoms with E-state index in [1.807, 2.05) is 28.8 Å². The number of likely N-dealkylation sites (N-methyl/N-ethyl adjacent to an activating group) is 1. The van der Waals surface area contributed by atoms with Crippen molar-refractivity contribution in [3.05, 3.63) is 99.0 Å². The number of halogens is 2. The summed E-state index contributed by atoms with van der Waals surface area (Å²) in [6.07, 6.45) is 2.93. The zero-order valence-corrected chi connectivity index (χ0v) is 19.4. The Hall–Kier alpha value is -3.71. The van der Waals surface area contributed by atoms with Gasteiger partial charge in [-0.25, -0.2) is 13.6 Å². The lowest BCUT2D eigenvalue weighted by molar-refractivity contribution is 0.305. The molecule has 6 rings (SSSR count). The van der Waals surface area contributed by atoms with Gasteiger partial charge in [0.15, 0.2) is 0 Å². The van der Waals surface area contributed by atoms with Crippen LogP contribution in [0.4, 0.5) is 8.78 Å². The van der Waals surface area contributed by atoms with Crippen LogP contribution in [0, 0.1) is 11.6 Å². The third-order valence-corrected chi connectivity index (χ3v) is 7.09. The van der Waals surface area contributed by atoms with Crippen LogP contribution in [0.25, 0.3) is 22.7 Å². The molecule has 35 heavy (non-hydrogen) atoms. The Morgan fingerprint density at radius 2 is 1.86 bits per heavy atom. The highest BCUT2D eigenvalue weighted by Gasteiger charge is 2.26. The van der Waals surface area contributed by atoms with Crippen molar-refractivity contribution in [1.29, 1.82) is 0 Å². The summed E-state index contributed by atoms with van der Waals surface area (Å²) in [5, 5.41) is 0. The van der Waals surface area contributed by atoms with Crippen LogP contribution in [0.1, 0.15) is 41.6 Å². The quantitative estimate of drug-likeness (QED) is 0.436. The lowest BCUT2D eigenvalue weighted by Gasteiger charge is -2.14. The number of fused-ring (bicyclic) bond motifs is 3. The third kappa shape index (κ3) is 3.86. The Labute approximate surface area is 201 Å². The SMILES string of the molecule is CCN1CC[C@@H](n2c(=O)[nH]c3cc(C=C4c5ccc(F)cc5COc5cc(F)ccc54)ccc32)C1. The molecule has 7 heteroatoms. The number of ether oxygens (including phenoxy) is 1. The van der Waals surface area contributed by atoms with Gasteiger partial charge in [-0.05, 0) is 72.1 Å². The highest BCUT2D eigenvalue weighted by Crippen LogP contribution is 2.39. The lowest BCUT2D eigenvalue weighted by atomic mass is 9.92. The predicted molar refractivity (Wildman–Crippen MR) is 132 cm³/mol. The smallest absolute Gasteiger partial charge is 0.326 e. The summed E-state index contributed by atoms with van der Waals surface area (Å²) in [4.78, 5) is 18.2. The van der Waals surface area contributed by atoms with Gasteiger partial charge in [0, 0.05) is 30.3 Å². The Bertz CT molecular complexity index is 1480. The van der Waals surface area contributed by atoms with E-state index in [0.717, 1.165) is 59.4 Å². The van der Waals surface area contributed by atoms with Gasteiger partial charge in [0.1, 0.15) is 24.0 Å². The van der Waals surface area contributed by atoms with Crippen LogP contribution in [0.15, 0.2) is 59.4 Å². The number of hydrogen-bond donors (Lipinski definition) is 1. The van der Waals surface area contributed by atoms with E-state index >= 15 is 0 Å². The molecule has 0 aliphatic carbocycles. The zero-order chi connectivity index (χ0) is 24.1. The number of nitrogens with zero attached hydrogens (tertiary/aromatic N) is 2. The molecule has 3 aromatic carbocycles. The van der Waals surface area contributed by atoms with E-state index < -0.39 is 5.82 Å². The largest absolute Gasteiger partial charge is 0.488 e. The van der Waals surface area contributed by atoms with Gasteiger partial charge in [0.2, 0.25) is 0 Å². The van der Waals surface area contributed by atoms with Gasteiger partial charge in [-0.1, -0.05) is 19.1 Å². The molecule has 1 aromatic heterocycles. The fourth-order valence-corrected chi connectivity index (χ4v) is 5.32. The Kier molecular flexibility index (Phi) is 5.29. The predicted octanol–water partition coefficient (Wildman–Crippen LogP) is 5.36. The summed E-state index contributed by atoms with van der Waals surface area (Å²) in [5.41, 5.74) is 5.48. The molecule has 0 bridgehead atoms. The van der Waals surface area contributed by atoms with E-state index in [9.17, 15) is 13.6 Å². The molecule has 0 amide bonds. The number of imidazole rings is 1. The monoisotopic (exact) mass is 473 g/mol. The molecule has 1 N–H and O–H groups in total. The van der Waals surface area contributed by atoms with Crippen molar-refractivity contribution < 1.29 is 13.5 Å². The number of H-pyrrole nitrogens is 1. The van der Waals surface area contributed by atoms with Crippen molar-refractivity contribution in [3.63, 3.8) is 0 Å².